The molecule has 0 spiro atoms. The summed E-state index contributed by atoms with van der Waals surface area (Å²) in [4.78, 5) is 11.2. The van der Waals surface area contributed by atoms with E-state index in [2.05, 4.69) is 5.32 Å². The van der Waals surface area contributed by atoms with Gasteiger partial charge in [0, 0.05) is 26.5 Å². The molecule has 1 rings (SSSR count). The van der Waals surface area contributed by atoms with Crippen molar-refractivity contribution in [3.05, 3.63) is 0 Å². The predicted molar refractivity (Wildman–Crippen MR) is 43.5 cm³/mol. The predicted octanol–water partition coefficient (Wildman–Crippen LogP) is 0.131. The van der Waals surface area contributed by atoms with E-state index in [-0.39, 0.29) is 18.1 Å². The molecular formula is C8H15NO3. The van der Waals surface area contributed by atoms with Gasteiger partial charge in [0.15, 0.2) is 6.29 Å². The zero-order valence-corrected chi connectivity index (χ0v) is 7.50. The number of carbonyl (C=O) groups excluding carboxylic acids is 1. The largest absolute Gasteiger partial charge is 0.359 e. The average molecular weight is 173 g/mol. The minimum Gasteiger partial charge on any atom is -0.359 e. The molecule has 2 atom stereocenters. The van der Waals surface area contributed by atoms with Crippen LogP contribution in [0.2, 0.25) is 0 Å². The maximum absolute atomic E-state index is 11.2. The molecule has 1 heterocycles. The highest BCUT2D eigenvalue weighted by Gasteiger charge is 2.26. The molecule has 1 aliphatic rings. The smallest absolute Gasteiger partial charge is 0.223 e. The standard InChI is InChI=1S/C8H15NO3/c1-9-8(10)6-3-4-12-7(5-6)11-2/h6-7H,3-5H2,1-2H3,(H,9,10). The van der Waals surface area contributed by atoms with Crippen LogP contribution < -0.4 is 5.32 Å². The number of ether oxygens (including phenoxy) is 2. The second-order valence-corrected chi connectivity index (χ2v) is 2.87. The lowest BCUT2D eigenvalue weighted by molar-refractivity contribution is -0.165. The molecule has 0 aromatic heterocycles. The van der Waals surface area contributed by atoms with E-state index in [0.717, 1.165) is 6.42 Å². The highest BCUT2D eigenvalue weighted by Crippen LogP contribution is 2.20. The number of methoxy groups -OCH3 is 1. The minimum absolute atomic E-state index is 0.0497. The van der Waals surface area contributed by atoms with Gasteiger partial charge in [-0.15, -0.1) is 0 Å². The Hall–Kier alpha value is -0.610. The van der Waals surface area contributed by atoms with E-state index < -0.39 is 0 Å². The van der Waals surface area contributed by atoms with Crippen molar-refractivity contribution in [1.82, 2.24) is 5.32 Å². The third-order valence-corrected chi connectivity index (χ3v) is 2.13. The first-order chi connectivity index (χ1) is 5.77. The molecule has 0 saturated carbocycles. The van der Waals surface area contributed by atoms with Crippen molar-refractivity contribution in [1.29, 1.82) is 0 Å². The molecule has 1 N–H and O–H groups in total. The number of hydrogen-bond acceptors (Lipinski definition) is 3. The molecule has 0 bridgehead atoms. The van der Waals surface area contributed by atoms with Gasteiger partial charge in [0.05, 0.1) is 6.61 Å². The van der Waals surface area contributed by atoms with Crippen molar-refractivity contribution in [2.24, 2.45) is 5.92 Å². The maximum atomic E-state index is 11.2. The van der Waals surface area contributed by atoms with E-state index >= 15 is 0 Å². The van der Waals surface area contributed by atoms with Gasteiger partial charge in [0.2, 0.25) is 5.91 Å². The molecule has 2 unspecified atom stereocenters. The Morgan fingerprint density at radius 2 is 2.42 bits per heavy atom. The summed E-state index contributed by atoms with van der Waals surface area (Å²) in [5.74, 6) is 0.133. The molecule has 0 aromatic rings. The van der Waals surface area contributed by atoms with Crippen LogP contribution in [-0.2, 0) is 14.3 Å². The van der Waals surface area contributed by atoms with Crippen LogP contribution in [0, 0.1) is 5.92 Å². The van der Waals surface area contributed by atoms with Crippen molar-refractivity contribution >= 4 is 5.91 Å². The van der Waals surface area contributed by atoms with Gasteiger partial charge in [0.1, 0.15) is 0 Å². The highest BCUT2D eigenvalue weighted by atomic mass is 16.7. The quantitative estimate of drug-likeness (QED) is 0.645. The Labute approximate surface area is 72.2 Å². The molecule has 4 nitrogen and oxygen atoms in total. The fourth-order valence-electron chi connectivity index (χ4n) is 1.37. The van der Waals surface area contributed by atoms with Gasteiger partial charge in [-0.2, -0.15) is 0 Å². The average Bonchev–Trinajstić information content (AvgIpc) is 2.17. The number of nitrogens with one attached hydrogen (secondary N) is 1. The Balaban J connectivity index is 2.40. The fraction of sp³-hybridized carbons (Fsp3) is 0.875. The third-order valence-electron chi connectivity index (χ3n) is 2.13. The first-order valence-electron chi connectivity index (χ1n) is 4.14. The number of carbonyl (C=O) groups is 1. The molecule has 70 valence electrons. The lowest BCUT2D eigenvalue weighted by Gasteiger charge is -2.27. The number of amides is 1. The number of rotatable bonds is 2. The van der Waals surface area contributed by atoms with Crippen molar-refractivity contribution in [3.63, 3.8) is 0 Å². The molecular weight excluding hydrogens is 158 g/mol. The Kier molecular flexibility index (Phi) is 3.49. The third kappa shape index (κ3) is 2.19. The summed E-state index contributed by atoms with van der Waals surface area (Å²) >= 11 is 0. The zero-order valence-electron chi connectivity index (χ0n) is 7.50. The van der Waals surface area contributed by atoms with Crippen LogP contribution in [-0.4, -0.2) is 33.0 Å². The molecule has 12 heavy (non-hydrogen) atoms. The second-order valence-electron chi connectivity index (χ2n) is 2.87. The van der Waals surface area contributed by atoms with Crippen LogP contribution in [0.4, 0.5) is 0 Å². The Morgan fingerprint density at radius 1 is 1.67 bits per heavy atom. The van der Waals surface area contributed by atoms with Gasteiger partial charge in [-0.1, -0.05) is 0 Å². The van der Waals surface area contributed by atoms with Gasteiger partial charge < -0.3 is 14.8 Å². The SMILES string of the molecule is CNC(=O)C1CCOC(OC)C1. The molecule has 1 saturated heterocycles. The lowest BCUT2D eigenvalue weighted by Crippen LogP contribution is -2.36. The molecule has 1 aliphatic heterocycles. The Morgan fingerprint density at radius 3 is 3.00 bits per heavy atom. The van der Waals surface area contributed by atoms with Gasteiger partial charge in [-0.05, 0) is 6.42 Å². The summed E-state index contributed by atoms with van der Waals surface area (Å²) in [6, 6.07) is 0. The van der Waals surface area contributed by atoms with Crippen molar-refractivity contribution in [3.8, 4) is 0 Å². The monoisotopic (exact) mass is 173 g/mol. The van der Waals surface area contributed by atoms with Gasteiger partial charge >= 0.3 is 0 Å². The minimum atomic E-state index is -0.207. The summed E-state index contributed by atoms with van der Waals surface area (Å²) in [5, 5.41) is 2.63. The molecule has 0 aromatic carbocycles. The maximum Gasteiger partial charge on any atom is 0.223 e. The summed E-state index contributed by atoms with van der Waals surface area (Å²) in [6.07, 6.45) is 1.25. The molecule has 1 amide bonds. The van der Waals surface area contributed by atoms with Crippen LogP contribution >= 0.6 is 0 Å². The topological polar surface area (TPSA) is 47.6 Å². The summed E-state index contributed by atoms with van der Waals surface area (Å²) in [5.41, 5.74) is 0. The summed E-state index contributed by atoms with van der Waals surface area (Å²) in [6.45, 7) is 0.608. The normalized spacial score (nSPS) is 29.8. The fourth-order valence-corrected chi connectivity index (χ4v) is 1.37. The second kappa shape index (κ2) is 4.42. The van der Waals surface area contributed by atoms with Crippen LogP contribution in [0.3, 0.4) is 0 Å². The van der Waals surface area contributed by atoms with Gasteiger partial charge in [0.25, 0.3) is 0 Å². The van der Waals surface area contributed by atoms with Gasteiger partial charge in [-0.3, -0.25) is 4.79 Å². The summed E-state index contributed by atoms with van der Waals surface area (Å²) < 4.78 is 10.3. The van der Waals surface area contributed by atoms with Crippen molar-refractivity contribution in [2.45, 2.75) is 19.1 Å². The van der Waals surface area contributed by atoms with E-state index in [1.165, 1.54) is 0 Å². The lowest BCUT2D eigenvalue weighted by atomic mass is 9.98. The molecule has 0 aliphatic carbocycles. The van der Waals surface area contributed by atoms with E-state index in [4.69, 9.17) is 9.47 Å². The van der Waals surface area contributed by atoms with Crippen LogP contribution in [0.15, 0.2) is 0 Å². The van der Waals surface area contributed by atoms with Gasteiger partial charge in [-0.25, -0.2) is 0 Å². The molecule has 1 fully saturated rings. The first-order valence-corrected chi connectivity index (χ1v) is 4.14. The van der Waals surface area contributed by atoms with E-state index in [0.29, 0.717) is 13.0 Å². The van der Waals surface area contributed by atoms with E-state index in [9.17, 15) is 4.79 Å². The van der Waals surface area contributed by atoms with E-state index in [1.807, 2.05) is 0 Å². The van der Waals surface area contributed by atoms with Crippen LogP contribution in [0.1, 0.15) is 12.8 Å². The molecule has 0 radical (unpaired) electrons. The first kappa shape index (κ1) is 9.48. The van der Waals surface area contributed by atoms with E-state index in [1.54, 1.807) is 14.2 Å². The van der Waals surface area contributed by atoms with Crippen molar-refractivity contribution in [2.75, 3.05) is 20.8 Å². The Bertz CT molecular complexity index is 160. The van der Waals surface area contributed by atoms with Crippen LogP contribution in [0.25, 0.3) is 0 Å². The highest BCUT2D eigenvalue weighted by molar-refractivity contribution is 5.78. The zero-order chi connectivity index (χ0) is 8.97. The summed E-state index contributed by atoms with van der Waals surface area (Å²) in [7, 11) is 3.25. The molecule has 4 heteroatoms. The van der Waals surface area contributed by atoms with Crippen molar-refractivity contribution < 1.29 is 14.3 Å². The van der Waals surface area contributed by atoms with Crippen LogP contribution in [0.5, 0.6) is 0 Å². The number of hydrogen-bond donors (Lipinski definition) is 1.